The van der Waals surface area contributed by atoms with E-state index in [9.17, 15) is 18.7 Å². The van der Waals surface area contributed by atoms with E-state index >= 15 is 0 Å². The second kappa shape index (κ2) is 6.83. The normalized spacial score (nSPS) is 20.0. The average molecular weight is 404 g/mol. The van der Waals surface area contributed by atoms with Crippen LogP contribution in [0, 0.1) is 24.6 Å². The molecule has 0 aromatic heterocycles. The van der Waals surface area contributed by atoms with Gasteiger partial charge in [-0.25, -0.2) is 13.6 Å². The van der Waals surface area contributed by atoms with Gasteiger partial charge in [0, 0.05) is 45.2 Å². The summed E-state index contributed by atoms with van der Waals surface area (Å²) in [5.74, 6) is -4.71. The van der Waals surface area contributed by atoms with Crippen LogP contribution in [0.25, 0.3) is 11.1 Å². The Morgan fingerprint density at radius 3 is 2.25 bits per heavy atom. The quantitative estimate of drug-likeness (QED) is 0.618. The summed E-state index contributed by atoms with van der Waals surface area (Å²) in [5.41, 5.74) is 0.0304. The molecule has 1 aliphatic heterocycles. The van der Waals surface area contributed by atoms with Gasteiger partial charge in [0.15, 0.2) is 0 Å². The molecule has 24 heavy (non-hydrogen) atoms. The molecule has 6 heteroatoms. The Kier molecular flexibility index (Phi) is 5.38. The van der Waals surface area contributed by atoms with Crippen LogP contribution in [0.15, 0.2) is 36.4 Å². The Balaban J connectivity index is 0.00000208. The molecule has 1 heterocycles. The first kappa shape index (κ1) is 18.9. The molecule has 0 saturated carbocycles. The molecule has 0 amide bonds. The maximum atomic E-state index is 14.3. The minimum atomic E-state index is -1.97. The van der Waals surface area contributed by atoms with Gasteiger partial charge >= 0.3 is 5.97 Å². The standard InChI is InChI=1S/C18H13F2O3.Y/c1-10-8-12(19)14(13(20)9-10)15-16(11-6-4-3-5-7-11)18(2,22)23-17(15)21;/h4-9,22H,1-2H3;/q-1;. The number of benzene rings is 2. The molecule has 2 aromatic carbocycles. The van der Waals surface area contributed by atoms with E-state index in [-0.39, 0.29) is 43.9 Å². The van der Waals surface area contributed by atoms with Crippen LogP contribution < -0.4 is 0 Å². The maximum Gasteiger partial charge on any atom is 0.342 e. The second-order valence-electron chi connectivity index (χ2n) is 5.51. The third-order valence-electron chi connectivity index (χ3n) is 3.65. The van der Waals surface area contributed by atoms with Crippen LogP contribution in [0.1, 0.15) is 23.6 Å². The van der Waals surface area contributed by atoms with Crippen molar-refractivity contribution >= 4 is 17.1 Å². The molecule has 0 spiro atoms. The van der Waals surface area contributed by atoms with Gasteiger partial charge in [0.25, 0.3) is 0 Å². The van der Waals surface area contributed by atoms with Crippen molar-refractivity contribution < 1.29 is 56.1 Å². The number of carbonyl (C=O) groups excluding carboxylic acids is 1. The Morgan fingerprint density at radius 1 is 1.17 bits per heavy atom. The molecule has 121 valence electrons. The number of cyclic esters (lactones) is 1. The number of carbonyl (C=O) groups is 1. The fraction of sp³-hybridized carbons (Fsp3) is 0.167. The third-order valence-corrected chi connectivity index (χ3v) is 3.65. The van der Waals surface area contributed by atoms with E-state index in [1.165, 1.54) is 6.92 Å². The molecule has 0 fully saturated rings. The molecule has 0 saturated heterocycles. The zero-order valence-corrected chi connectivity index (χ0v) is 15.9. The molecule has 0 aliphatic carbocycles. The summed E-state index contributed by atoms with van der Waals surface area (Å²) in [6.07, 6.45) is 0. The van der Waals surface area contributed by atoms with Crippen molar-refractivity contribution in [1.82, 2.24) is 0 Å². The van der Waals surface area contributed by atoms with Crippen molar-refractivity contribution in [3.63, 3.8) is 0 Å². The van der Waals surface area contributed by atoms with Gasteiger partial charge in [-0.1, -0.05) is 0 Å². The topological polar surface area (TPSA) is 46.5 Å². The zero-order chi connectivity index (χ0) is 16.8. The summed E-state index contributed by atoms with van der Waals surface area (Å²) in [6, 6.07) is 11.4. The second-order valence-corrected chi connectivity index (χ2v) is 5.51. The third kappa shape index (κ3) is 3.21. The summed E-state index contributed by atoms with van der Waals surface area (Å²) in [5, 5.41) is 10.4. The van der Waals surface area contributed by atoms with E-state index in [0.717, 1.165) is 12.1 Å². The van der Waals surface area contributed by atoms with Gasteiger partial charge in [0.05, 0.1) is 11.1 Å². The predicted octanol–water partition coefficient (Wildman–Crippen LogP) is 3.25. The molecule has 1 atom stereocenters. The van der Waals surface area contributed by atoms with Gasteiger partial charge in [-0.05, 0) is 24.6 Å². The predicted molar refractivity (Wildman–Crippen MR) is 79.9 cm³/mol. The number of rotatable bonds is 2. The largest absolute Gasteiger partial charge is 0.425 e. The number of hydrogen-bond acceptors (Lipinski definition) is 3. The van der Waals surface area contributed by atoms with E-state index in [0.29, 0.717) is 11.1 Å². The van der Waals surface area contributed by atoms with E-state index in [1.807, 2.05) is 0 Å². The SMILES string of the molecule is Cc1cc(F)c(C2=C(c3cc[c-]cc3)C(C)(O)OC2=O)c(F)c1.[Y]. The van der Waals surface area contributed by atoms with Crippen molar-refractivity contribution in [3.8, 4) is 0 Å². The summed E-state index contributed by atoms with van der Waals surface area (Å²) in [4.78, 5) is 12.2. The van der Waals surface area contributed by atoms with Crippen molar-refractivity contribution in [3.05, 3.63) is 70.8 Å². The Morgan fingerprint density at radius 2 is 1.71 bits per heavy atom. The van der Waals surface area contributed by atoms with Crippen molar-refractivity contribution in [1.29, 1.82) is 0 Å². The number of halogens is 2. The van der Waals surface area contributed by atoms with Crippen LogP contribution in [-0.2, 0) is 42.2 Å². The van der Waals surface area contributed by atoms with Crippen molar-refractivity contribution in [2.75, 3.05) is 0 Å². The first-order chi connectivity index (χ1) is 10.8. The number of hydrogen-bond donors (Lipinski definition) is 1. The fourth-order valence-corrected chi connectivity index (χ4v) is 2.75. The number of ether oxygens (including phenoxy) is 1. The van der Waals surface area contributed by atoms with Gasteiger partial charge in [-0.2, -0.15) is 30.3 Å². The number of esters is 1. The van der Waals surface area contributed by atoms with E-state index < -0.39 is 29.0 Å². The molecule has 0 bridgehead atoms. The minimum Gasteiger partial charge on any atom is -0.425 e. The Hall–Kier alpha value is -1.43. The molecule has 1 unspecified atom stereocenters. The van der Waals surface area contributed by atoms with Crippen molar-refractivity contribution in [2.45, 2.75) is 19.6 Å². The van der Waals surface area contributed by atoms with Crippen LogP contribution >= 0.6 is 0 Å². The van der Waals surface area contributed by atoms with Gasteiger partial charge in [-0.15, -0.1) is 5.56 Å². The van der Waals surface area contributed by atoms with Gasteiger partial charge in [0.1, 0.15) is 11.6 Å². The van der Waals surface area contributed by atoms with Crippen LogP contribution in [0.3, 0.4) is 0 Å². The molecular formula is C18H13F2O3Y-. The van der Waals surface area contributed by atoms with Crippen LogP contribution in [0.4, 0.5) is 8.78 Å². The molecule has 3 rings (SSSR count). The molecule has 1 aliphatic rings. The van der Waals surface area contributed by atoms with Crippen LogP contribution in [0.2, 0.25) is 0 Å². The average Bonchev–Trinajstić information content (AvgIpc) is 2.68. The smallest absolute Gasteiger partial charge is 0.342 e. The van der Waals surface area contributed by atoms with Crippen molar-refractivity contribution in [2.24, 2.45) is 0 Å². The van der Waals surface area contributed by atoms with Crippen LogP contribution in [0.5, 0.6) is 0 Å². The molecule has 1 radical (unpaired) electrons. The van der Waals surface area contributed by atoms with E-state index in [4.69, 9.17) is 4.74 Å². The minimum absolute atomic E-state index is 0. The Labute approximate surface area is 163 Å². The first-order valence-electron chi connectivity index (χ1n) is 6.94. The maximum absolute atomic E-state index is 14.3. The molecular weight excluding hydrogens is 391 g/mol. The molecule has 3 nitrogen and oxygen atoms in total. The summed E-state index contributed by atoms with van der Waals surface area (Å²) >= 11 is 0. The molecule has 2 aromatic rings. The van der Waals surface area contributed by atoms with Gasteiger partial charge in [0.2, 0.25) is 5.79 Å². The van der Waals surface area contributed by atoms with E-state index in [1.54, 1.807) is 31.2 Å². The summed E-state index contributed by atoms with van der Waals surface area (Å²) in [7, 11) is 0. The number of aliphatic hydroxyl groups is 1. The van der Waals surface area contributed by atoms with E-state index in [2.05, 4.69) is 6.07 Å². The van der Waals surface area contributed by atoms with Gasteiger partial charge < -0.3 is 9.84 Å². The van der Waals surface area contributed by atoms with Gasteiger partial charge in [-0.3, -0.25) is 0 Å². The Bertz CT molecular complexity index is 806. The van der Waals surface area contributed by atoms with Crippen LogP contribution in [-0.4, -0.2) is 16.9 Å². The zero-order valence-electron chi connectivity index (χ0n) is 13.1. The summed E-state index contributed by atoms with van der Waals surface area (Å²) < 4.78 is 33.5. The fourth-order valence-electron chi connectivity index (χ4n) is 2.75. The first-order valence-corrected chi connectivity index (χ1v) is 6.94. The monoisotopic (exact) mass is 404 g/mol. The molecule has 1 N–H and O–H groups in total. The number of aryl methyl sites for hydroxylation is 1. The summed E-state index contributed by atoms with van der Waals surface area (Å²) in [6.45, 7) is 2.80.